The number of hydrogen-bond donors (Lipinski definition) is 1. The van der Waals surface area contributed by atoms with Crippen LogP contribution < -0.4 is 5.56 Å². The first-order chi connectivity index (χ1) is 20.7. The van der Waals surface area contributed by atoms with Crippen molar-refractivity contribution in [1.29, 1.82) is 0 Å². The van der Waals surface area contributed by atoms with Gasteiger partial charge in [0.25, 0.3) is 5.56 Å². The van der Waals surface area contributed by atoms with Gasteiger partial charge in [-0.15, -0.1) is 0 Å². The van der Waals surface area contributed by atoms with Gasteiger partial charge in [0.15, 0.2) is 0 Å². The maximum Gasteiger partial charge on any atom is 0.279 e. The van der Waals surface area contributed by atoms with Gasteiger partial charge in [0.05, 0.1) is 42.5 Å². The second kappa shape index (κ2) is 13.3. The van der Waals surface area contributed by atoms with Crippen molar-refractivity contribution in [3.05, 3.63) is 107 Å². The number of aryl methyl sites for hydroxylation is 1. The van der Waals surface area contributed by atoms with E-state index < -0.39 is 14.5 Å². The Morgan fingerprint density at radius 1 is 1.02 bits per heavy atom. The average molecular weight is 602 g/mol. The summed E-state index contributed by atoms with van der Waals surface area (Å²) in [6.45, 7) is 5.90. The summed E-state index contributed by atoms with van der Waals surface area (Å²) < 4.78 is 23.6. The van der Waals surface area contributed by atoms with E-state index in [1.54, 1.807) is 30.3 Å². The van der Waals surface area contributed by atoms with Crippen LogP contribution in [0.3, 0.4) is 0 Å². The lowest BCUT2D eigenvalue weighted by atomic mass is 9.95. The van der Waals surface area contributed by atoms with E-state index in [1.807, 2.05) is 79.7 Å². The largest absolute Gasteiger partial charge is 0.395 e. The minimum Gasteiger partial charge on any atom is -0.395 e. The van der Waals surface area contributed by atoms with E-state index in [4.69, 9.17) is 4.74 Å². The van der Waals surface area contributed by atoms with E-state index in [0.717, 1.165) is 16.5 Å². The summed E-state index contributed by atoms with van der Waals surface area (Å²) >= 11 is 0. The number of carbonyl (C=O) groups excluding carboxylic acids is 1. The molecule has 0 unspecified atom stereocenters. The second-order valence-electron chi connectivity index (χ2n) is 12.0. The number of ether oxygens (including phenoxy) is 1. The van der Waals surface area contributed by atoms with E-state index in [2.05, 4.69) is 5.10 Å². The van der Waals surface area contributed by atoms with Crippen molar-refractivity contribution in [3.63, 3.8) is 0 Å². The Balaban J connectivity index is 1.29. The van der Waals surface area contributed by atoms with Crippen LogP contribution in [0, 0.1) is 5.92 Å². The maximum atomic E-state index is 15.7. The highest BCUT2D eigenvalue weighted by atomic mass is 28.4. The van der Waals surface area contributed by atoms with Crippen molar-refractivity contribution < 1.29 is 18.7 Å². The van der Waals surface area contributed by atoms with Crippen molar-refractivity contribution in [2.45, 2.75) is 63.6 Å². The van der Waals surface area contributed by atoms with Gasteiger partial charge in [0, 0.05) is 24.0 Å². The molecule has 0 saturated carbocycles. The molecule has 1 aliphatic rings. The molecule has 5 rings (SSSR count). The predicted octanol–water partition coefficient (Wildman–Crippen LogP) is 5.68. The standard InChI is InChI=1S/C34H40FN3O4Si/c1-24-30(17-16-25-12-9-14-28(20-25)38-34(41)29-15-8-7-13-27(29)22-36-38)42-31(33(24)43(2,3)35)21-32(40)37(18-19-39)23-26-10-5-4-6-11-26/h4-15,20,22,24,30-31,33,39H,16-19,21,23H2,1-3H3/t24-,30+,31-,33+/m1/s1. The molecule has 1 N–H and O–H groups in total. The number of aliphatic hydroxyl groups excluding tert-OH is 1. The second-order valence-corrected chi connectivity index (χ2v) is 15.8. The first-order valence-corrected chi connectivity index (χ1v) is 17.9. The highest BCUT2D eigenvalue weighted by Gasteiger charge is 2.51. The van der Waals surface area contributed by atoms with E-state index >= 15 is 4.11 Å². The fourth-order valence-corrected chi connectivity index (χ4v) is 9.07. The molecule has 4 atom stereocenters. The smallest absolute Gasteiger partial charge is 0.279 e. The first kappa shape index (κ1) is 30.8. The molecule has 0 bridgehead atoms. The first-order valence-electron chi connectivity index (χ1n) is 15.0. The zero-order valence-corrected chi connectivity index (χ0v) is 26.0. The SMILES string of the molecule is C[C@H]1[C@H]([Si](C)(C)F)[C@@H](CC(=O)N(CCO)Cc2ccccc2)O[C@H]1CCc1cccc(-n2ncc3ccccc3c2=O)c1. The summed E-state index contributed by atoms with van der Waals surface area (Å²) in [5.41, 5.74) is 2.20. The topological polar surface area (TPSA) is 84.7 Å². The number of rotatable bonds is 11. The number of fused-ring (bicyclic) bond motifs is 1. The Bertz CT molecular complexity index is 1610. The number of benzene rings is 3. The summed E-state index contributed by atoms with van der Waals surface area (Å²) in [6, 6.07) is 24.8. The van der Waals surface area contributed by atoms with E-state index in [0.29, 0.717) is 30.5 Å². The van der Waals surface area contributed by atoms with Gasteiger partial charge in [-0.3, -0.25) is 9.59 Å². The highest BCUT2D eigenvalue weighted by Crippen LogP contribution is 2.47. The molecule has 0 radical (unpaired) electrons. The summed E-state index contributed by atoms with van der Waals surface area (Å²) in [4.78, 5) is 28.2. The molecule has 0 spiro atoms. The van der Waals surface area contributed by atoms with Crippen molar-refractivity contribution in [2.75, 3.05) is 13.2 Å². The molecule has 1 aliphatic heterocycles. The van der Waals surface area contributed by atoms with E-state index in [-0.39, 0.29) is 48.6 Å². The average Bonchev–Trinajstić information content (AvgIpc) is 3.31. The van der Waals surface area contributed by atoms with Crippen LogP contribution in [0.15, 0.2) is 89.9 Å². The van der Waals surface area contributed by atoms with Crippen molar-refractivity contribution in [2.24, 2.45) is 5.92 Å². The van der Waals surface area contributed by atoms with Gasteiger partial charge in [-0.1, -0.05) is 67.6 Å². The molecule has 0 aliphatic carbocycles. The molecule has 4 aromatic rings. The molecule has 2 heterocycles. The Hall–Kier alpha value is -3.66. The quantitative estimate of drug-likeness (QED) is 0.177. The molecule has 7 nitrogen and oxygen atoms in total. The van der Waals surface area contributed by atoms with Crippen molar-refractivity contribution in [3.8, 4) is 5.69 Å². The van der Waals surface area contributed by atoms with Gasteiger partial charge in [-0.05, 0) is 61.2 Å². The Morgan fingerprint density at radius 3 is 2.49 bits per heavy atom. The number of aromatic nitrogens is 2. The Labute approximate surface area is 253 Å². The molecule has 43 heavy (non-hydrogen) atoms. The summed E-state index contributed by atoms with van der Waals surface area (Å²) in [5.74, 6) is -0.183. The maximum absolute atomic E-state index is 15.7. The number of aliphatic hydroxyl groups is 1. The highest BCUT2D eigenvalue weighted by molar-refractivity contribution is 6.72. The van der Waals surface area contributed by atoms with Gasteiger partial charge >= 0.3 is 0 Å². The van der Waals surface area contributed by atoms with Gasteiger partial charge in [0.2, 0.25) is 14.3 Å². The van der Waals surface area contributed by atoms with Gasteiger partial charge in [-0.2, -0.15) is 9.78 Å². The van der Waals surface area contributed by atoms with E-state index in [9.17, 15) is 14.7 Å². The molecular formula is C34H40FN3O4Si. The molecule has 1 aromatic heterocycles. The molecule has 1 saturated heterocycles. The molecule has 226 valence electrons. The van der Waals surface area contributed by atoms with Crippen LogP contribution in [0.5, 0.6) is 0 Å². The lowest BCUT2D eigenvalue weighted by Crippen LogP contribution is -2.40. The third-order valence-corrected chi connectivity index (χ3v) is 11.1. The number of carbonyl (C=O) groups is 1. The van der Waals surface area contributed by atoms with Gasteiger partial charge in [-0.25, -0.2) is 0 Å². The monoisotopic (exact) mass is 601 g/mol. The number of halogens is 1. The van der Waals surface area contributed by atoms with Crippen molar-refractivity contribution in [1.82, 2.24) is 14.7 Å². The third kappa shape index (κ3) is 7.12. The normalized spacial score (nSPS) is 20.4. The number of hydrogen-bond acceptors (Lipinski definition) is 5. The molecule has 9 heteroatoms. The van der Waals surface area contributed by atoms with Crippen molar-refractivity contribution >= 4 is 25.1 Å². The van der Waals surface area contributed by atoms with Crippen LogP contribution >= 0.6 is 0 Å². The number of amides is 1. The summed E-state index contributed by atoms with van der Waals surface area (Å²) in [7, 11) is -3.17. The zero-order valence-electron chi connectivity index (χ0n) is 25.0. The van der Waals surface area contributed by atoms with Crippen LogP contribution in [-0.2, 0) is 22.5 Å². The Kier molecular flexibility index (Phi) is 9.54. The van der Waals surface area contributed by atoms with Gasteiger partial charge < -0.3 is 18.9 Å². The minimum absolute atomic E-state index is 0.0437. The van der Waals surface area contributed by atoms with Crippen LogP contribution in [-0.4, -0.2) is 59.5 Å². The third-order valence-electron chi connectivity index (χ3n) is 8.58. The van der Waals surface area contributed by atoms with Crippen LogP contribution in [0.4, 0.5) is 4.11 Å². The zero-order chi connectivity index (χ0) is 30.6. The van der Waals surface area contributed by atoms with Crippen LogP contribution in [0.2, 0.25) is 18.6 Å². The van der Waals surface area contributed by atoms with E-state index in [1.165, 1.54) is 4.68 Å². The fraction of sp³-hybridized carbons (Fsp3) is 0.382. The van der Waals surface area contributed by atoms with Gasteiger partial charge in [0.1, 0.15) is 0 Å². The molecule has 1 amide bonds. The predicted molar refractivity (Wildman–Crippen MR) is 169 cm³/mol. The lowest BCUT2D eigenvalue weighted by molar-refractivity contribution is -0.135. The van der Waals surface area contributed by atoms with Crippen LogP contribution in [0.1, 0.15) is 30.9 Å². The van der Waals surface area contributed by atoms with Crippen LogP contribution in [0.25, 0.3) is 16.5 Å². The Morgan fingerprint density at radius 2 is 1.74 bits per heavy atom. The molecule has 3 aromatic carbocycles. The fourth-order valence-electron chi connectivity index (χ4n) is 6.52. The lowest BCUT2D eigenvalue weighted by Gasteiger charge is -2.30. The number of nitrogens with zero attached hydrogens (tertiary/aromatic N) is 3. The summed E-state index contributed by atoms with van der Waals surface area (Å²) in [5, 5.41) is 15.4. The minimum atomic E-state index is -3.17. The molecular weight excluding hydrogens is 561 g/mol. The molecule has 1 fully saturated rings. The summed E-state index contributed by atoms with van der Waals surface area (Å²) in [6.07, 6.45) is 2.42.